The number of fused-ring (bicyclic) bond motifs is 1. The molecule has 1 amide bonds. The van der Waals surface area contributed by atoms with Crippen molar-refractivity contribution in [3.63, 3.8) is 0 Å². The van der Waals surface area contributed by atoms with Crippen molar-refractivity contribution in [1.82, 2.24) is 20.2 Å². The lowest BCUT2D eigenvalue weighted by Crippen LogP contribution is -2.12. The standard InChI is InChI=1S/C19H12N6O/c20-9-12-7-14(11-22-10-12)19(26)23-15-1-2-17-16(8-15)18(25-24-17)13-3-5-21-6-4-13/h1-8,10-11H,(H,23,26)(H,24,25). The van der Waals surface area contributed by atoms with Gasteiger partial charge in [0.05, 0.1) is 16.6 Å². The molecule has 3 heterocycles. The molecule has 0 radical (unpaired) electrons. The van der Waals surface area contributed by atoms with E-state index in [1.807, 2.05) is 30.3 Å². The molecule has 0 aliphatic rings. The first-order chi connectivity index (χ1) is 12.7. The number of aromatic amines is 1. The molecule has 26 heavy (non-hydrogen) atoms. The third kappa shape index (κ3) is 2.87. The van der Waals surface area contributed by atoms with Crippen LogP contribution < -0.4 is 5.32 Å². The highest BCUT2D eigenvalue weighted by Crippen LogP contribution is 2.28. The molecule has 0 fully saturated rings. The summed E-state index contributed by atoms with van der Waals surface area (Å²) in [6, 6.07) is 12.7. The average Bonchev–Trinajstić information content (AvgIpc) is 3.12. The second-order valence-electron chi connectivity index (χ2n) is 5.60. The van der Waals surface area contributed by atoms with Crippen LogP contribution in [-0.2, 0) is 0 Å². The van der Waals surface area contributed by atoms with Gasteiger partial charge < -0.3 is 5.32 Å². The second kappa shape index (κ2) is 6.45. The molecule has 3 aromatic heterocycles. The second-order valence-corrected chi connectivity index (χ2v) is 5.60. The molecule has 2 N–H and O–H groups in total. The maximum absolute atomic E-state index is 12.4. The summed E-state index contributed by atoms with van der Waals surface area (Å²) in [7, 11) is 0. The Morgan fingerprint density at radius 2 is 1.92 bits per heavy atom. The molecule has 124 valence electrons. The molecule has 7 heteroatoms. The van der Waals surface area contributed by atoms with Crippen molar-refractivity contribution in [2.45, 2.75) is 0 Å². The van der Waals surface area contributed by atoms with Crippen LogP contribution in [0.4, 0.5) is 5.69 Å². The lowest BCUT2D eigenvalue weighted by Gasteiger charge is -2.06. The maximum Gasteiger partial charge on any atom is 0.257 e. The number of nitrogens with one attached hydrogen (secondary N) is 2. The van der Waals surface area contributed by atoms with Gasteiger partial charge in [-0.05, 0) is 36.4 Å². The van der Waals surface area contributed by atoms with Crippen molar-refractivity contribution < 1.29 is 4.79 Å². The molecule has 4 aromatic rings. The van der Waals surface area contributed by atoms with Crippen LogP contribution in [0.25, 0.3) is 22.2 Å². The number of carbonyl (C=O) groups is 1. The van der Waals surface area contributed by atoms with Crippen molar-refractivity contribution >= 4 is 22.5 Å². The smallest absolute Gasteiger partial charge is 0.257 e. The van der Waals surface area contributed by atoms with Crippen LogP contribution in [0.1, 0.15) is 15.9 Å². The van der Waals surface area contributed by atoms with Gasteiger partial charge in [0, 0.05) is 41.4 Å². The highest BCUT2D eigenvalue weighted by atomic mass is 16.1. The van der Waals surface area contributed by atoms with E-state index in [0.717, 1.165) is 22.2 Å². The van der Waals surface area contributed by atoms with Crippen LogP contribution in [0, 0.1) is 11.3 Å². The number of H-pyrrole nitrogens is 1. The van der Waals surface area contributed by atoms with E-state index in [0.29, 0.717) is 16.8 Å². The molecular formula is C19H12N6O. The summed E-state index contributed by atoms with van der Waals surface area (Å²) < 4.78 is 0. The lowest BCUT2D eigenvalue weighted by molar-refractivity contribution is 0.102. The zero-order valence-electron chi connectivity index (χ0n) is 13.5. The maximum atomic E-state index is 12.4. The van der Waals surface area contributed by atoms with E-state index in [9.17, 15) is 4.79 Å². The Morgan fingerprint density at radius 3 is 2.73 bits per heavy atom. The third-order valence-corrected chi connectivity index (χ3v) is 3.90. The number of benzene rings is 1. The van der Waals surface area contributed by atoms with Gasteiger partial charge in [-0.3, -0.25) is 19.9 Å². The zero-order valence-corrected chi connectivity index (χ0v) is 13.5. The van der Waals surface area contributed by atoms with Crippen LogP contribution in [0.2, 0.25) is 0 Å². The van der Waals surface area contributed by atoms with E-state index in [-0.39, 0.29) is 5.91 Å². The van der Waals surface area contributed by atoms with Crippen molar-refractivity contribution in [2.75, 3.05) is 5.32 Å². The van der Waals surface area contributed by atoms with Gasteiger partial charge in [0.15, 0.2) is 0 Å². The van der Waals surface area contributed by atoms with Gasteiger partial charge in [-0.2, -0.15) is 10.4 Å². The normalized spacial score (nSPS) is 10.4. The Bertz CT molecular complexity index is 1140. The molecule has 0 unspecified atom stereocenters. The van der Waals surface area contributed by atoms with E-state index in [4.69, 9.17) is 5.26 Å². The summed E-state index contributed by atoms with van der Waals surface area (Å²) in [4.78, 5) is 20.3. The molecule has 1 aromatic carbocycles. The molecule has 0 spiro atoms. The summed E-state index contributed by atoms with van der Waals surface area (Å²) in [5, 5.41) is 20.0. The molecule has 0 aliphatic carbocycles. The van der Waals surface area contributed by atoms with Crippen molar-refractivity contribution in [3.05, 3.63) is 72.3 Å². The molecule has 0 saturated carbocycles. The fourth-order valence-corrected chi connectivity index (χ4v) is 2.65. The number of hydrogen-bond acceptors (Lipinski definition) is 5. The fourth-order valence-electron chi connectivity index (χ4n) is 2.65. The SMILES string of the molecule is N#Cc1cncc(C(=O)Nc2ccc3[nH]nc(-c4ccncc4)c3c2)c1. The van der Waals surface area contributed by atoms with Gasteiger partial charge in [-0.1, -0.05) is 0 Å². The number of carbonyl (C=O) groups excluding carboxylic acids is 1. The van der Waals surface area contributed by atoms with Gasteiger partial charge in [-0.25, -0.2) is 0 Å². The van der Waals surface area contributed by atoms with E-state index < -0.39 is 0 Å². The summed E-state index contributed by atoms with van der Waals surface area (Å²) in [6.07, 6.45) is 6.25. The molecule has 0 saturated heterocycles. The van der Waals surface area contributed by atoms with Crippen molar-refractivity contribution in [2.24, 2.45) is 0 Å². The largest absolute Gasteiger partial charge is 0.322 e. The topological polar surface area (TPSA) is 107 Å². The third-order valence-electron chi connectivity index (χ3n) is 3.90. The van der Waals surface area contributed by atoms with Crippen LogP contribution in [-0.4, -0.2) is 26.1 Å². The molecule has 0 atom stereocenters. The van der Waals surface area contributed by atoms with E-state index in [2.05, 4.69) is 25.5 Å². The first kappa shape index (κ1) is 15.5. The Balaban J connectivity index is 1.67. The fraction of sp³-hybridized carbons (Fsp3) is 0. The van der Waals surface area contributed by atoms with Gasteiger partial charge in [-0.15, -0.1) is 0 Å². The van der Waals surface area contributed by atoms with Crippen molar-refractivity contribution in [3.8, 4) is 17.3 Å². The van der Waals surface area contributed by atoms with Crippen LogP contribution in [0.5, 0.6) is 0 Å². The van der Waals surface area contributed by atoms with E-state index in [1.54, 1.807) is 18.5 Å². The van der Waals surface area contributed by atoms with Crippen LogP contribution in [0.3, 0.4) is 0 Å². The number of rotatable bonds is 3. The number of aromatic nitrogens is 4. The Morgan fingerprint density at radius 1 is 1.08 bits per heavy atom. The summed E-state index contributed by atoms with van der Waals surface area (Å²) in [5.74, 6) is -0.331. The molecule has 0 bridgehead atoms. The number of nitriles is 1. The lowest BCUT2D eigenvalue weighted by atomic mass is 10.1. The molecule has 0 aliphatic heterocycles. The minimum atomic E-state index is -0.331. The van der Waals surface area contributed by atoms with Gasteiger partial charge in [0.2, 0.25) is 0 Å². The first-order valence-electron chi connectivity index (χ1n) is 7.79. The average molecular weight is 340 g/mol. The minimum Gasteiger partial charge on any atom is -0.322 e. The number of nitrogens with zero attached hydrogens (tertiary/aromatic N) is 4. The highest BCUT2D eigenvalue weighted by molar-refractivity contribution is 6.05. The predicted molar refractivity (Wildman–Crippen MR) is 96.2 cm³/mol. The zero-order chi connectivity index (χ0) is 17.9. The van der Waals surface area contributed by atoms with E-state index in [1.165, 1.54) is 18.5 Å². The molecule has 4 rings (SSSR count). The Hall–Kier alpha value is -4.05. The predicted octanol–water partition coefficient (Wildman–Crippen LogP) is 3.14. The van der Waals surface area contributed by atoms with E-state index >= 15 is 0 Å². The minimum absolute atomic E-state index is 0.325. The number of pyridine rings is 2. The monoisotopic (exact) mass is 340 g/mol. The number of amides is 1. The Kier molecular flexibility index (Phi) is 3.84. The molecular weight excluding hydrogens is 328 g/mol. The van der Waals surface area contributed by atoms with Crippen molar-refractivity contribution in [1.29, 1.82) is 5.26 Å². The Labute approximate surface area is 148 Å². The van der Waals surface area contributed by atoms with Crippen LogP contribution in [0.15, 0.2) is 61.2 Å². The van der Waals surface area contributed by atoms with Crippen LogP contribution >= 0.6 is 0 Å². The summed E-state index contributed by atoms with van der Waals surface area (Å²) in [6.45, 7) is 0. The number of hydrogen-bond donors (Lipinski definition) is 2. The number of anilines is 1. The van der Waals surface area contributed by atoms with Gasteiger partial charge in [0.1, 0.15) is 11.8 Å². The summed E-state index contributed by atoms with van der Waals surface area (Å²) >= 11 is 0. The highest BCUT2D eigenvalue weighted by Gasteiger charge is 2.11. The first-order valence-corrected chi connectivity index (χ1v) is 7.79. The van der Waals surface area contributed by atoms with Gasteiger partial charge >= 0.3 is 0 Å². The molecule has 7 nitrogen and oxygen atoms in total. The van der Waals surface area contributed by atoms with Gasteiger partial charge in [0.25, 0.3) is 5.91 Å². The summed E-state index contributed by atoms with van der Waals surface area (Å²) in [5.41, 5.74) is 3.87. The quantitative estimate of drug-likeness (QED) is 0.596.